The van der Waals surface area contributed by atoms with Gasteiger partial charge in [-0.2, -0.15) is 0 Å². The van der Waals surface area contributed by atoms with Crippen LogP contribution in [0.3, 0.4) is 0 Å². The molecule has 0 heteroatoms. The summed E-state index contributed by atoms with van der Waals surface area (Å²) in [4.78, 5) is 0. The Kier molecular flexibility index (Phi) is 3.51. The smallest absolute Gasteiger partial charge is 0.0138 e. The molecule has 0 aliphatic heterocycles. The van der Waals surface area contributed by atoms with Gasteiger partial charge in [0.05, 0.1) is 0 Å². The molecule has 0 bridgehead atoms. The van der Waals surface area contributed by atoms with Gasteiger partial charge in [-0.3, -0.25) is 0 Å². The molecule has 0 N–H and O–H groups in total. The quantitative estimate of drug-likeness (QED) is 0.539. The first-order chi connectivity index (χ1) is 5.25. The summed E-state index contributed by atoms with van der Waals surface area (Å²) in [5, 5.41) is 0. The van der Waals surface area contributed by atoms with Gasteiger partial charge in [-0.25, -0.2) is 0 Å². The van der Waals surface area contributed by atoms with E-state index in [4.69, 9.17) is 0 Å². The molecule has 0 aliphatic rings. The first-order valence-electron chi connectivity index (χ1n) is 4.28. The Morgan fingerprint density at radius 2 is 1.50 bits per heavy atom. The normalized spacial score (nSPS) is 12.9. The monoisotopic (exact) mass is 164 g/mol. The van der Waals surface area contributed by atoms with Crippen molar-refractivity contribution in [2.45, 2.75) is 34.6 Å². The zero-order valence-electron chi connectivity index (χ0n) is 8.99. The molecular weight excluding hydrogens is 144 g/mol. The molecule has 0 spiro atoms. The van der Waals surface area contributed by atoms with E-state index in [9.17, 15) is 0 Å². The lowest BCUT2D eigenvalue weighted by Crippen LogP contribution is -2.06. The van der Waals surface area contributed by atoms with E-state index in [1.807, 2.05) is 6.92 Å². The van der Waals surface area contributed by atoms with Gasteiger partial charge in [-0.15, -0.1) is 0 Å². The van der Waals surface area contributed by atoms with Crippen LogP contribution < -0.4 is 0 Å². The Balaban J connectivity index is 4.57. The van der Waals surface area contributed by atoms with E-state index in [1.165, 1.54) is 5.57 Å². The molecule has 0 amide bonds. The molecule has 0 fully saturated rings. The predicted molar refractivity (Wildman–Crippen MR) is 57.2 cm³/mol. The minimum atomic E-state index is 0.163. The molecule has 0 rings (SSSR count). The number of allylic oxidation sites excluding steroid dienone is 4. The van der Waals surface area contributed by atoms with Gasteiger partial charge in [0.15, 0.2) is 0 Å². The molecule has 0 unspecified atom stereocenters. The summed E-state index contributed by atoms with van der Waals surface area (Å²) < 4.78 is 0. The fourth-order valence-corrected chi connectivity index (χ4v) is 0.601. The van der Waals surface area contributed by atoms with Crippen molar-refractivity contribution < 1.29 is 0 Å². The van der Waals surface area contributed by atoms with Crippen molar-refractivity contribution in [1.82, 2.24) is 0 Å². The topological polar surface area (TPSA) is 0 Å². The molecule has 12 heavy (non-hydrogen) atoms. The van der Waals surface area contributed by atoms with Crippen LogP contribution in [-0.2, 0) is 0 Å². The Morgan fingerprint density at radius 1 is 1.08 bits per heavy atom. The summed E-state index contributed by atoms with van der Waals surface area (Å²) in [5.41, 5.74) is 3.65. The van der Waals surface area contributed by atoms with Crippen LogP contribution in [0.2, 0.25) is 0 Å². The summed E-state index contributed by atoms with van der Waals surface area (Å²) in [6.45, 7) is 18.5. The van der Waals surface area contributed by atoms with Crippen LogP contribution in [-0.4, -0.2) is 0 Å². The lowest BCUT2D eigenvalue weighted by Gasteiger charge is -2.19. The van der Waals surface area contributed by atoms with Gasteiger partial charge in [-0.1, -0.05) is 45.6 Å². The second-order valence-electron chi connectivity index (χ2n) is 4.38. The fourth-order valence-electron chi connectivity index (χ4n) is 0.601. The van der Waals surface area contributed by atoms with E-state index < -0.39 is 0 Å². The van der Waals surface area contributed by atoms with Gasteiger partial charge >= 0.3 is 0 Å². The maximum atomic E-state index is 4.03. The fraction of sp³-hybridized carbons (Fsp3) is 0.500. The van der Waals surface area contributed by atoms with Gasteiger partial charge in [0.25, 0.3) is 0 Å². The average molecular weight is 164 g/mol. The number of hydrogen-bond donors (Lipinski definition) is 0. The third-order valence-corrected chi connectivity index (χ3v) is 2.03. The van der Waals surface area contributed by atoms with E-state index in [1.54, 1.807) is 0 Å². The largest absolute Gasteiger partial charge is 0.0958 e. The van der Waals surface area contributed by atoms with Crippen molar-refractivity contribution in [3.8, 4) is 0 Å². The Morgan fingerprint density at radius 3 is 1.75 bits per heavy atom. The molecule has 0 aromatic carbocycles. The Labute approximate surface area is 76.7 Å². The van der Waals surface area contributed by atoms with Crippen molar-refractivity contribution >= 4 is 0 Å². The van der Waals surface area contributed by atoms with Crippen molar-refractivity contribution in [2.24, 2.45) is 5.41 Å². The van der Waals surface area contributed by atoms with Crippen LogP contribution in [0, 0.1) is 5.41 Å². The van der Waals surface area contributed by atoms with Gasteiger partial charge in [-0.05, 0) is 30.4 Å². The molecular formula is C12H20. The highest BCUT2D eigenvalue weighted by molar-refractivity contribution is 5.33. The Bertz CT molecular complexity index is 221. The second-order valence-corrected chi connectivity index (χ2v) is 4.38. The SMILES string of the molecule is C=C(C)/C(C)=C\C(=C)C(C)(C)C. The third-order valence-electron chi connectivity index (χ3n) is 2.03. The van der Waals surface area contributed by atoms with Crippen LogP contribution in [0.4, 0.5) is 0 Å². The molecule has 0 aromatic rings. The molecule has 0 atom stereocenters. The second kappa shape index (κ2) is 3.75. The maximum Gasteiger partial charge on any atom is -0.0138 e. The molecule has 0 aliphatic carbocycles. The predicted octanol–water partition coefficient (Wildman–Crippen LogP) is 4.11. The molecule has 0 nitrogen and oxygen atoms in total. The lowest BCUT2D eigenvalue weighted by molar-refractivity contribution is 0.518. The van der Waals surface area contributed by atoms with E-state index in [0.717, 1.165) is 11.1 Å². The van der Waals surface area contributed by atoms with Crippen molar-refractivity contribution in [1.29, 1.82) is 0 Å². The molecule has 0 saturated carbocycles. The summed E-state index contributed by atoms with van der Waals surface area (Å²) in [7, 11) is 0. The van der Waals surface area contributed by atoms with Crippen LogP contribution >= 0.6 is 0 Å². The van der Waals surface area contributed by atoms with Crippen molar-refractivity contribution in [2.75, 3.05) is 0 Å². The molecule has 0 aromatic heterocycles. The van der Waals surface area contributed by atoms with Crippen molar-refractivity contribution in [3.63, 3.8) is 0 Å². The zero-order valence-corrected chi connectivity index (χ0v) is 8.99. The molecule has 68 valence electrons. The van der Waals surface area contributed by atoms with Gasteiger partial charge < -0.3 is 0 Å². The van der Waals surface area contributed by atoms with Gasteiger partial charge in [0.1, 0.15) is 0 Å². The van der Waals surface area contributed by atoms with Crippen LogP contribution in [0.25, 0.3) is 0 Å². The van der Waals surface area contributed by atoms with Crippen LogP contribution in [0.1, 0.15) is 34.6 Å². The van der Waals surface area contributed by atoms with Crippen LogP contribution in [0.15, 0.2) is 36.0 Å². The Hall–Kier alpha value is -0.780. The van der Waals surface area contributed by atoms with Crippen LogP contribution in [0.5, 0.6) is 0 Å². The van der Waals surface area contributed by atoms with Crippen molar-refractivity contribution in [3.05, 3.63) is 36.0 Å². The molecule has 0 radical (unpaired) electrons. The summed E-state index contributed by atoms with van der Waals surface area (Å²) >= 11 is 0. The third kappa shape index (κ3) is 3.56. The van der Waals surface area contributed by atoms with E-state index in [2.05, 4.69) is 46.9 Å². The summed E-state index contributed by atoms with van der Waals surface area (Å²) in [5.74, 6) is 0. The standard InChI is InChI=1S/C12H20/c1-9(2)10(3)8-11(4)12(5,6)7/h8H,1,4H2,2-3,5-7H3/b10-8-. The summed E-state index contributed by atoms with van der Waals surface area (Å²) in [6, 6.07) is 0. The average Bonchev–Trinajstić information content (AvgIpc) is 1.85. The van der Waals surface area contributed by atoms with E-state index >= 15 is 0 Å². The highest BCUT2D eigenvalue weighted by Gasteiger charge is 2.12. The minimum Gasteiger partial charge on any atom is -0.0958 e. The van der Waals surface area contributed by atoms with E-state index in [0.29, 0.717) is 0 Å². The maximum absolute atomic E-state index is 4.03. The lowest BCUT2D eigenvalue weighted by atomic mass is 9.86. The minimum absolute atomic E-state index is 0.163. The first kappa shape index (κ1) is 11.2. The highest BCUT2D eigenvalue weighted by atomic mass is 14.2. The molecule has 0 saturated heterocycles. The first-order valence-corrected chi connectivity index (χ1v) is 4.28. The highest BCUT2D eigenvalue weighted by Crippen LogP contribution is 2.26. The summed E-state index contributed by atoms with van der Waals surface area (Å²) in [6.07, 6.45) is 2.11. The van der Waals surface area contributed by atoms with E-state index in [-0.39, 0.29) is 5.41 Å². The zero-order chi connectivity index (χ0) is 9.94. The molecule has 0 heterocycles. The van der Waals surface area contributed by atoms with Gasteiger partial charge in [0, 0.05) is 0 Å². The number of rotatable bonds is 2. The number of hydrogen-bond acceptors (Lipinski definition) is 0. The van der Waals surface area contributed by atoms with Gasteiger partial charge in [0.2, 0.25) is 0 Å².